The van der Waals surface area contributed by atoms with Gasteiger partial charge in [-0.15, -0.1) is 0 Å². The second kappa shape index (κ2) is 9.75. The van der Waals surface area contributed by atoms with Gasteiger partial charge >= 0.3 is 0 Å². The van der Waals surface area contributed by atoms with Crippen LogP contribution in [0.2, 0.25) is 0 Å². The number of ether oxygens (including phenoxy) is 1. The molecule has 1 aliphatic heterocycles. The quantitative estimate of drug-likeness (QED) is 0.589. The van der Waals surface area contributed by atoms with Crippen molar-refractivity contribution >= 4 is 0 Å². The summed E-state index contributed by atoms with van der Waals surface area (Å²) in [6, 6.07) is 0.878. The maximum atomic E-state index is 5.90. The van der Waals surface area contributed by atoms with Gasteiger partial charge in [0.15, 0.2) is 0 Å². The molecular weight excluding hydrogens is 248 g/mol. The van der Waals surface area contributed by atoms with Crippen LogP contribution in [0.25, 0.3) is 0 Å². The summed E-state index contributed by atoms with van der Waals surface area (Å²) in [6.45, 7) is 8.10. The SMILES string of the molecule is CCCOC1CCCN(CCCCCCNC2CC2)C1. The number of nitrogens with zero attached hydrogens (tertiary/aromatic N) is 1. The molecule has 2 fully saturated rings. The van der Waals surface area contributed by atoms with Crippen LogP contribution in [-0.2, 0) is 4.74 Å². The Morgan fingerprint density at radius 1 is 1.10 bits per heavy atom. The number of nitrogens with one attached hydrogen (secondary N) is 1. The first-order valence-electron chi connectivity index (χ1n) is 8.96. The highest BCUT2D eigenvalue weighted by Gasteiger charge is 2.20. The highest BCUT2D eigenvalue weighted by Crippen LogP contribution is 2.18. The summed E-state index contributed by atoms with van der Waals surface area (Å²) in [5, 5.41) is 3.60. The van der Waals surface area contributed by atoms with E-state index in [0.29, 0.717) is 6.10 Å². The van der Waals surface area contributed by atoms with E-state index in [1.807, 2.05) is 0 Å². The van der Waals surface area contributed by atoms with E-state index >= 15 is 0 Å². The molecule has 2 aliphatic rings. The second-order valence-electron chi connectivity index (χ2n) is 6.58. The molecule has 0 spiro atoms. The molecule has 1 atom stereocenters. The molecule has 1 saturated heterocycles. The van der Waals surface area contributed by atoms with Crippen molar-refractivity contribution in [3.05, 3.63) is 0 Å². The molecule has 0 aromatic rings. The largest absolute Gasteiger partial charge is 0.377 e. The Labute approximate surface area is 125 Å². The average Bonchev–Trinajstić information content (AvgIpc) is 3.29. The van der Waals surface area contributed by atoms with Gasteiger partial charge in [0.1, 0.15) is 0 Å². The lowest BCUT2D eigenvalue weighted by Crippen LogP contribution is -2.40. The average molecular weight is 282 g/mol. The normalized spacial score (nSPS) is 24.1. The summed E-state index contributed by atoms with van der Waals surface area (Å²) in [5.41, 5.74) is 0. The molecule has 0 amide bonds. The summed E-state index contributed by atoms with van der Waals surface area (Å²) in [5.74, 6) is 0. The molecule has 1 aliphatic carbocycles. The molecule has 0 bridgehead atoms. The number of rotatable bonds is 11. The standard InChI is InChI=1S/C17H34N2O/c1-2-14-20-17-8-7-13-19(15-17)12-6-4-3-5-11-18-16-9-10-16/h16-18H,2-15H2,1H3. The first kappa shape index (κ1) is 16.3. The van der Waals surface area contributed by atoms with Gasteiger partial charge in [-0.1, -0.05) is 19.8 Å². The summed E-state index contributed by atoms with van der Waals surface area (Å²) in [4.78, 5) is 2.62. The molecule has 0 aromatic heterocycles. The molecule has 3 heteroatoms. The number of hydrogen-bond donors (Lipinski definition) is 1. The lowest BCUT2D eigenvalue weighted by Gasteiger charge is -2.32. The minimum absolute atomic E-state index is 0.506. The molecule has 3 nitrogen and oxygen atoms in total. The fourth-order valence-electron chi connectivity index (χ4n) is 3.04. The summed E-state index contributed by atoms with van der Waals surface area (Å²) in [7, 11) is 0. The van der Waals surface area contributed by atoms with Gasteiger partial charge in [-0.2, -0.15) is 0 Å². The van der Waals surface area contributed by atoms with Crippen molar-refractivity contribution in [2.75, 3.05) is 32.8 Å². The molecule has 20 heavy (non-hydrogen) atoms. The van der Waals surface area contributed by atoms with Crippen LogP contribution in [0.1, 0.15) is 64.7 Å². The number of piperidine rings is 1. The highest BCUT2D eigenvalue weighted by atomic mass is 16.5. The zero-order valence-corrected chi connectivity index (χ0v) is 13.4. The third-order valence-electron chi connectivity index (χ3n) is 4.43. The maximum Gasteiger partial charge on any atom is 0.0702 e. The van der Waals surface area contributed by atoms with Crippen LogP contribution in [0.15, 0.2) is 0 Å². The Kier molecular flexibility index (Phi) is 7.92. The molecule has 1 unspecified atom stereocenters. The third kappa shape index (κ3) is 7.05. The van der Waals surface area contributed by atoms with E-state index < -0.39 is 0 Å². The molecule has 0 radical (unpaired) electrons. The van der Waals surface area contributed by atoms with E-state index in [-0.39, 0.29) is 0 Å². The van der Waals surface area contributed by atoms with Crippen molar-refractivity contribution in [1.82, 2.24) is 10.2 Å². The zero-order chi connectivity index (χ0) is 14.0. The summed E-state index contributed by atoms with van der Waals surface area (Å²) >= 11 is 0. The molecule has 1 heterocycles. The fourth-order valence-corrected chi connectivity index (χ4v) is 3.04. The Hall–Kier alpha value is -0.120. The van der Waals surface area contributed by atoms with Crippen LogP contribution >= 0.6 is 0 Å². The van der Waals surface area contributed by atoms with Gasteiger partial charge < -0.3 is 15.0 Å². The van der Waals surface area contributed by atoms with Crippen LogP contribution < -0.4 is 5.32 Å². The summed E-state index contributed by atoms with van der Waals surface area (Å²) < 4.78 is 5.90. The molecule has 1 saturated carbocycles. The minimum atomic E-state index is 0.506. The number of hydrogen-bond acceptors (Lipinski definition) is 3. The monoisotopic (exact) mass is 282 g/mol. The van der Waals surface area contributed by atoms with Gasteiger partial charge in [-0.05, 0) is 64.6 Å². The van der Waals surface area contributed by atoms with Crippen molar-refractivity contribution in [3.63, 3.8) is 0 Å². The number of likely N-dealkylation sites (tertiary alicyclic amines) is 1. The molecule has 118 valence electrons. The Morgan fingerprint density at radius 2 is 1.95 bits per heavy atom. The summed E-state index contributed by atoms with van der Waals surface area (Å²) in [6.07, 6.45) is 12.6. The fraction of sp³-hybridized carbons (Fsp3) is 1.00. The van der Waals surface area contributed by atoms with Crippen molar-refractivity contribution in [2.24, 2.45) is 0 Å². The predicted molar refractivity (Wildman–Crippen MR) is 85.2 cm³/mol. The Morgan fingerprint density at radius 3 is 2.75 bits per heavy atom. The predicted octanol–water partition coefficient (Wildman–Crippen LogP) is 3.19. The Balaban J connectivity index is 1.41. The first-order valence-corrected chi connectivity index (χ1v) is 8.96. The van der Waals surface area contributed by atoms with Gasteiger partial charge in [0.2, 0.25) is 0 Å². The minimum Gasteiger partial charge on any atom is -0.377 e. The maximum absolute atomic E-state index is 5.90. The van der Waals surface area contributed by atoms with Crippen LogP contribution in [0.5, 0.6) is 0 Å². The topological polar surface area (TPSA) is 24.5 Å². The smallest absolute Gasteiger partial charge is 0.0702 e. The van der Waals surface area contributed by atoms with Crippen molar-refractivity contribution in [1.29, 1.82) is 0 Å². The van der Waals surface area contributed by atoms with Gasteiger partial charge in [-0.25, -0.2) is 0 Å². The van der Waals surface area contributed by atoms with Gasteiger partial charge in [-0.3, -0.25) is 0 Å². The molecule has 1 N–H and O–H groups in total. The van der Waals surface area contributed by atoms with Crippen molar-refractivity contribution in [2.45, 2.75) is 76.9 Å². The van der Waals surface area contributed by atoms with Gasteiger partial charge in [0.05, 0.1) is 6.10 Å². The zero-order valence-electron chi connectivity index (χ0n) is 13.4. The van der Waals surface area contributed by atoms with Crippen LogP contribution in [0.3, 0.4) is 0 Å². The van der Waals surface area contributed by atoms with Crippen LogP contribution in [0, 0.1) is 0 Å². The van der Waals surface area contributed by atoms with E-state index in [9.17, 15) is 0 Å². The van der Waals surface area contributed by atoms with E-state index in [4.69, 9.17) is 4.74 Å². The third-order valence-corrected chi connectivity index (χ3v) is 4.43. The number of unbranched alkanes of at least 4 members (excludes halogenated alkanes) is 3. The van der Waals surface area contributed by atoms with Crippen molar-refractivity contribution in [3.8, 4) is 0 Å². The molecular formula is C17H34N2O. The van der Waals surface area contributed by atoms with Gasteiger partial charge in [0, 0.05) is 19.2 Å². The van der Waals surface area contributed by atoms with E-state index in [1.165, 1.54) is 77.5 Å². The Bertz CT molecular complexity index is 243. The van der Waals surface area contributed by atoms with Crippen LogP contribution in [0.4, 0.5) is 0 Å². The lowest BCUT2D eigenvalue weighted by molar-refractivity contribution is -0.000360. The van der Waals surface area contributed by atoms with E-state index in [0.717, 1.165) is 19.1 Å². The molecule has 2 rings (SSSR count). The van der Waals surface area contributed by atoms with E-state index in [2.05, 4.69) is 17.1 Å². The second-order valence-corrected chi connectivity index (χ2v) is 6.58. The first-order chi connectivity index (χ1) is 9.88. The molecule has 0 aromatic carbocycles. The lowest BCUT2D eigenvalue weighted by atomic mass is 10.1. The van der Waals surface area contributed by atoms with Gasteiger partial charge in [0.25, 0.3) is 0 Å². The van der Waals surface area contributed by atoms with Crippen LogP contribution in [-0.4, -0.2) is 49.8 Å². The van der Waals surface area contributed by atoms with Crippen molar-refractivity contribution < 1.29 is 4.74 Å². The highest BCUT2D eigenvalue weighted by molar-refractivity contribution is 4.80. The van der Waals surface area contributed by atoms with E-state index in [1.54, 1.807) is 0 Å².